The van der Waals surface area contributed by atoms with Gasteiger partial charge in [0.05, 0.1) is 0 Å². The Kier molecular flexibility index (Phi) is 5.56. The summed E-state index contributed by atoms with van der Waals surface area (Å²) in [5, 5.41) is 2.72. The van der Waals surface area contributed by atoms with E-state index in [1.807, 2.05) is 0 Å². The molecule has 11 heavy (non-hydrogen) atoms. The van der Waals surface area contributed by atoms with Crippen LogP contribution in [-0.4, -0.2) is 45.3 Å². The number of hydrogen-bond donors (Lipinski definition) is 1. The van der Waals surface area contributed by atoms with E-state index < -0.39 is 0 Å². The molecule has 0 spiro atoms. The summed E-state index contributed by atoms with van der Waals surface area (Å²) in [5.74, 6) is 0. The van der Waals surface area contributed by atoms with Gasteiger partial charge in [0.1, 0.15) is 0 Å². The number of urea groups is 1. The molecule has 0 radical (unpaired) electrons. The first kappa shape index (κ1) is 10.2. The Morgan fingerprint density at radius 2 is 2.18 bits per heavy atom. The predicted molar refractivity (Wildman–Crippen MR) is 43.6 cm³/mol. The first-order chi connectivity index (χ1) is 5.18. The Hall–Kier alpha value is -0.770. The van der Waals surface area contributed by atoms with Gasteiger partial charge in [0, 0.05) is 34.4 Å². The number of rotatable bonds is 4. The third-order valence-corrected chi connectivity index (χ3v) is 1.21. The fourth-order valence-corrected chi connectivity index (χ4v) is 0.570. The molecule has 0 aliphatic rings. The largest absolute Gasteiger partial charge is 0.385 e. The maximum absolute atomic E-state index is 10.9. The predicted octanol–water partition coefficient (Wildman–Crippen LogP) is 0.294. The highest BCUT2D eigenvalue weighted by Gasteiger charge is 1.99. The van der Waals surface area contributed by atoms with E-state index in [-0.39, 0.29) is 6.03 Å². The smallest absolute Gasteiger partial charge is 0.316 e. The van der Waals surface area contributed by atoms with Crippen molar-refractivity contribution in [3.8, 4) is 0 Å². The van der Waals surface area contributed by atoms with Gasteiger partial charge >= 0.3 is 6.03 Å². The van der Waals surface area contributed by atoms with Crippen LogP contribution in [0, 0.1) is 0 Å². The van der Waals surface area contributed by atoms with E-state index >= 15 is 0 Å². The summed E-state index contributed by atoms with van der Waals surface area (Å²) in [6.45, 7) is 1.36. The minimum atomic E-state index is -0.0545. The lowest BCUT2D eigenvalue weighted by Gasteiger charge is -2.11. The van der Waals surface area contributed by atoms with Crippen molar-refractivity contribution < 1.29 is 9.53 Å². The highest BCUT2D eigenvalue weighted by Crippen LogP contribution is 1.80. The zero-order valence-electron chi connectivity index (χ0n) is 7.39. The summed E-state index contributed by atoms with van der Waals surface area (Å²) >= 11 is 0. The van der Waals surface area contributed by atoms with Crippen LogP contribution in [0.1, 0.15) is 6.42 Å². The van der Waals surface area contributed by atoms with Gasteiger partial charge < -0.3 is 15.0 Å². The van der Waals surface area contributed by atoms with Crippen molar-refractivity contribution in [2.45, 2.75) is 6.42 Å². The van der Waals surface area contributed by atoms with E-state index in [1.54, 1.807) is 21.2 Å². The molecule has 0 aliphatic carbocycles. The summed E-state index contributed by atoms with van der Waals surface area (Å²) in [4.78, 5) is 12.4. The third-order valence-electron chi connectivity index (χ3n) is 1.21. The fraction of sp³-hybridized carbons (Fsp3) is 0.857. The van der Waals surface area contributed by atoms with Crippen LogP contribution < -0.4 is 5.32 Å². The number of amides is 2. The van der Waals surface area contributed by atoms with Gasteiger partial charge in [-0.1, -0.05) is 0 Å². The molecule has 0 unspecified atom stereocenters. The molecule has 2 amide bonds. The van der Waals surface area contributed by atoms with Crippen LogP contribution in [0.25, 0.3) is 0 Å². The lowest BCUT2D eigenvalue weighted by Crippen LogP contribution is -2.35. The molecule has 0 aliphatic heterocycles. The van der Waals surface area contributed by atoms with E-state index in [9.17, 15) is 4.79 Å². The SMILES string of the molecule is COCCCNC(=O)N(C)C. The van der Waals surface area contributed by atoms with Gasteiger partial charge in [-0.2, -0.15) is 0 Å². The van der Waals surface area contributed by atoms with Crippen LogP contribution in [0.15, 0.2) is 0 Å². The Bertz CT molecular complexity index is 115. The van der Waals surface area contributed by atoms with Gasteiger partial charge in [0.2, 0.25) is 0 Å². The Labute approximate surface area is 67.5 Å². The zero-order chi connectivity index (χ0) is 8.69. The Morgan fingerprint density at radius 3 is 2.64 bits per heavy atom. The Balaban J connectivity index is 3.18. The number of nitrogens with zero attached hydrogens (tertiary/aromatic N) is 1. The van der Waals surface area contributed by atoms with Crippen molar-refractivity contribution in [2.24, 2.45) is 0 Å². The molecule has 0 saturated carbocycles. The van der Waals surface area contributed by atoms with Crippen LogP contribution in [0.3, 0.4) is 0 Å². The number of carbonyl (C=O) groups excluding carboxylic acids is 1. The zero-order valence-corrected chi connectivity index (χ0v) is 7.39. The van der Waals surface area contributed by atoms with Gasteiger partial charge in [-0.05, 0) is 6.42 Å². The van der Waals surface area contributed by atoms with Gasteiger partial charge in [-0.15, -0.1) is 0 Å². The van der Waals surface area contributed by atoms with Crippen LogP contribution in [0.4, 0.5) is 4.79 Å². The first-order valence-electron chi connectivity index (χ1n) is 3.62. The van der Waals surface area contributed by atoms with Crippen molar-refractivity contribution in [1.29, 1.82) is 0 Å². The van der Waals surface area contributed by atoms with Crippen molar-refractivity contribution in [1.82, 2.24) is 10.2 Å². The maximum atomic E-state index is 10.9. The standard InChI is InChI=1S/C7H16N2O2/c1-9(2)7(10)8-5-4-6-11-3/h4-6H2,1-3H3,(H,8,10). The van der Waals surface area contributed by atoms with E-state index in [0.29, 0.717) is 13.2 Å². The molecule has 0 aromatic rings. The molecule has 66 valence electrons. The van der Waals surface area contributed by atoms with Crippen LogP contribution in [0.2, 0.25) is 0 Å². The number of methoxy groups -OCH3 is 1. The highest BCUT2D eigenvalue weighted by atomic mass is 16.5. The molecule has 1 N–H and O–H groups in total. The van der Waals surface area contributed by atoms with Crippen molar-refractivity contribution in [3.63, 3.8) is 0 Å². The molecule has 0 aromatic heterocycles. The second-order valence-electron chi connectivity index (χ2n) is 2.47. The van der Waals surface area contributed by atoms with Crippen molar-refractivity contribution in [3.05, 3.63) is 0 Å². The molecule has 0 aromatic carbocycles. The van der Waals surface area contributed by atoms with Gasteiger partial charge in [0.15, 0.2) is 0 Å². The second-order valence-corrected chi connectivity index (χ2v) is 2.47. The summed E-state index contributed by atoms with van der Waals surface area (Å²) in [6, 6.07) is -0.0545. The highest BCUT2D eigenvalue weighted by molar-refractivity contribution is 5.73. The molecule has 0 fully saturated rings. The minimum absolute atomic E-state index is 0.0545. The summed E-state index contributed by atoms with van der Waals surface area (Å²) in [5.41, 5.74) is 0. The monoisotopic (exact) mass is 160 g/mol. The summed E-state index contributed by atoms with van der Waals surface area (Å²) in [7, 11) is 5.07. The van der Waals surface area contributed by atoms with E-state index in [1.165, 1.54) is 4.90 Å². The molecule has 4 heteroatoms. The molecule has 4 nitrogen and oxygen atoms in total. The lowest BCUT2D eigenvalue weighted by atomic mass is 10.4. The number of hydrogen-bond acceptors (Lipinski definition) is 2. The number of carbonyl (C=O) groups is 1. The average molecular weight is 160 g/mol. The maximum Gasteiger partial charge on any atom is 0.316 e. The fourth-order valence-electron chi connectivity index (χ4n) is 0.570. The van der Waals surface area contributed by atoms with E-state index in [0.717, 1.165) is 6.42 Å². The Morgan fingerprint density at radius 1 is 1.55 bits per heavy atom. The number of ether oxygens (including phenoxy) is 1. The van der Waals surface area contributed by atoms with Crippen LogP contribution in [0.5, 0.6) is 0 Å². The molecule has 0 rings (SSSR count). The lowest BCUT2D eigenvalue weighted by molar-refractivity contribution is 0.190. The molecular weight excluding hydrogens is 144 g/mol. The minimum Gasteiger partial charge on any atom is -0.385 e. The molecule has 0 saturated heterocycles. The molecule has 0 atom stereocenters. The van der Waals surface area contributed by atoms with E-state index in [4.69, 9.17) is 4.74 Å². The first-order valence-corrected chi connectivity index (χ1v) is 3.62. The number of nitrogens with one attached hydrogen (secondary N) is 1. The average Bonchev–Trinajstić information content (AvgIpc) is 1.97. The van der Waals surface area contributed by atoms with Gasteiger partial charge in [0.25, 0.3) is 0 Å². The van der Waals surface area contributed by atoms with Gasteiger partial charge in [-0.25, -0.2) is 4.79 Å². The van der Waals surface area contributed by atoms with Crippen molar-refractivity contribution >= 4 is 6.03 Å². The molecule has 0 heterocycles. The summed E-state index contributed by atoms with van der Waals surface area (Å²) < 4.78 is 4.82. The van der Waals surface area contributed by atoms with Crippen molar-refractivity contribution in [2.75, 3.05) is 34.4 Å². The van der Waals surface area contributed by atoms with Crippen LogP contribution >= 0.6 is 0 Å². The quantitative estimate of drug-likeness (QED) is 0.601. The van der Waals surface area contributed by atoms with Crippen LogP contribution in [-0.2, 0) is 4.74 Å². The second kappa shape index (κ2) is 5.97. The van der Waals surface area contributed by atoms with Gasteiger partial charge in [-0.3, -0.25) is 0 Å². The molecule has 0 bridgehead atoms. The normalized spacial score (nSPS) is 9.36. The topological polar surface area (TPSA) is 41.6 Å². The van der Waals surface area contributed by atoms with E-state index in [2.05, 4.69) is 5.32 Å². The third kappa shape index (κ3) is 5.66. The summed E-state index contributed by atoms with van der Waals surface area (Å²) in [6.07, 6.45) is 0.857. The molecular formula is C7H16N2O2.